The number of nitrogens with zero attached hydrogens (tertiary/aromatic N) is 2. The van der Waals surface area contributed by atoms with Gasteiger partial charge in [0, 0.05) is 5.39 Å². The van der Waals surface area contributed by atoms with Crippen molar-refractivity contribution < 1.29 is 9.53 Å². The first-order chi connectivity index (χ1) is 11.3. The lowest BCUT2D eigenvalue weighted by Crippen LogP contribution is -2.18. The highest BCUT2D eigenvalue weighted by Crippen LogP contribution is 2.12. The molecule has 0 spiro atoms. The van der Waals surface area contributed by atoms with Gasteiger partial charge in [-0.1, -0.05) is 36.4 Å². The van der Waals surface area contributed by atoms with E-state index in [-0.39, 0.29) is 5.91 Å². The van der Waals surface area contributed by atoms with E-state index in [0.717, 1.165) is 22.2 Å². The van der Waals surface area contributed by atoms with Crippen molar-refractivity contribution in [3.8, 4) is 5.75 Å². The van der Waals surface area contributed by atoms with Gasteiger partial charge in [-0.3, -0.25) is 4.79 Å². The van der Waals surface area contributed by atoms with Crippen molar-refractivity contribution in [1.29, 1.82) is 0 Å². The molecule has 0 radical (unpaired) electrons. The second-order valence-corrected chi connectivity index (χ2v) is 4.86. The minimum Gasteiger partial charge on any atom is -0.497 e. The van der Waals surface area contributed by atoms with Crippen molar-refractivity contribution in [2.24, 2.45) is 5.10 Å². The van der Waals surface area contributed by atoms with Gasteiger partial charge in [0.2, 0.25) is 0 Å². The van der Waals surface area contributed by atoms with Gasteiger partial charge in [0.1, 0.15) is 11.4 Å². The number of hydrazone groups is 1. The van der Waals surface area contributed by atoms with E-state index in [1.807, 2.05) is 54.6 Å². The molecule has 23 heavy (non-hydrogen) atoms. The maximum atomic E-state index is 12.1. The summed E-state index contributed by atoms with van der Waals surface area (Å²) in [6, 6.07) is 18.6. The van der Waals surface area contributed by atoms with Gasteiger partial charge in [-0.2, -0.15) is 5.10 Å². The van der Waals surface area contributed by atoms with Crippen LogP contribution in [0.15, 0.2) is 65.8 Å². The number of pyridine rings is 1. The monoisotopic (exact) mass is 305 g/mol. The van der Waals surface area contributed by atoms with Crippen molar-refractivity contribution in [3.05, 3.63) is 71.9 Å². The first kappa shape index (κ1) is 14.7. The third-order valence-electron chi connectivity index (χ3n) is 3.30. The Kier molecular flexibility index (Phi) is 4.29. The Morgan fingerprint density at radius 2 is 2.00 bits per heavy atom. The van der Waals surface area contributed by atoms with Gasteiger partial charge < -0.3 is 4.74 Å². The fourth-order valence-electron chi connectivity index (χ4n) is 2.14. The quantitative estimate of drug-likeness (QED) is 0.595. The zero-order valence-electron chi connectivity index (χ0n) is 12.6. The fourth-order valence-corrected chi connectivity index (χ4v) is 2.14. The molecule has 0 saturated carbocycles. The van der Waals surface area contributed by atoms with Crippen molar-refractivity contribution in [2.75, 3.05) is 7.11 Å². The van der Waals surface area contributed by atoms with Crippen LogP contribution in [0.1, 0.15) is 16.1 Å². The lowest BCUT2D eigenvalue weighted by Gasteiger charge is -2.02. The number of nitrogens with one attached hydrogen (secondary N) is 1. The summed E-state index contributed by atoms with van der Waals surface area (Å²) in [5, 5.41) is 4.94. The summed E-state index contributed by atoms with van der Waals surface area (Å²) in [5.74, 6) is 0.381. The molecule has 114 valence electrons. The third-order valence-corrected chi connectivity index (χ3v) is 3.30. The maximum absolute atomic E-state index is 12.1. The number of benzene rings is 2. The molecule has 0 bridgehead atoms. The molecular formula is C18H15N3O2. The van der Waals surface area contributed by atoms with Gasteiger partial charge in [-0.15, -0.1) is 0 Å². The van der Waals surface area contributed by atoms with Gasteiger partial charge >= 0.3 is 0 Å². The average molecular weight is 305 g/mol. The number of fused-ring (bicyclic) bond motifs is 1. The molecule has 1 heterocycles. The number of amides is 1. The molecule has 0 aliphatic carbocycles. The molecule has 0 fully saturated rings. The summed E-state index contributed by atoms with van der Waals surface area (Å²) in [6.07, 6.45) is 1.56. The molecule has 0 unspecified atom stereocenters. The van der Waals surface area contributed by atoms with Crippen LogP contribution in [-0.4, -0.2) is 24.2 Å². The molecule has 3 aromatic rings. The van der Waals surface area contributed by atoms with Crippen LogP contribution in [0.5, 0.6) is 5.75 Å². The normalized spacial score (nSPS) is 10.8. The minimum atomic E-state index is -0.352. The van der Waals surface area contributed by atoms with E-state index in [0.29, 0.717) is 5.69 Å². The Bertz CT molecular complexity index is 875. The lowest BCUT2D eigenvalue weighted by atomic mass is 10.2. The number of ether oxygens (including phenoxy) is 1. The molecule has 0 aliphatic heterocycles. The van der Waals surface area contributed by atoms with Crippen molar-refractivity contribution in [1.82, 2.24) is 10.4 Å². The second kappa shape index (κ2) is 6.70. The van der Waals surface area contributed by atoms with Crippen LogP contribution in [-0.2, 0) is 0 Å². The Balaban J connectivity index is 1.71. The standard InChI is InChI=1S/C18H15N3O2/c1-23-15-7-4-5-13(11-15)12-19-21-18(22)17-10-9-14-6-2-3-8-16(14)20-17/h2-12H,1H3,(H,21,22)/b19-12+. The van der Waals surface area contributed by atoms with E-state index in [1.54, 1.807) is 19.4 Å². The molecule has 5 nitrogen and oxygen atoms in total. The van der Waals surface area contributed by atoms with Crippen LogP contribution < -0.4 is 10.2 Å². The number of carbonyl (C=O) groups excluding carboxylic acids is 1. The molecule has 2 aromatic carbocycles. The minimum absolute atomic E-state index is 0.325. The van der Waals surface area contributed by atoms with Gasteiger partial charge in [0.25, 0.3) is 5.91 Å². The van der Waals surface area contributed by atoms with E-state index in [4.69, 9.17) is 4.74 Å². The molecular weight excluding hydrogens is 290 g/mol. The molecule has 1 amide bonds. The smallest absolute Gasteiger partial charge is 0.289 e. The van der Waals surface area contributed by atoms with Crippen LogP contribution in [0, 0.1) is 0 Å². The first-order valence-electron chi connectivity index (χ1n) is 7.09. The van der Waals surface area contributed by atoms with Crippen molar-refractivity contribution in [2.45, 2.75) is 0 Å². The predicted molar refractivity (Wildman–Crippen MR) is 89.8 cm³/mol. The second-order valence-electron chi connectivity index (χ2n) is 4.86. The number of para-hydroxylation sites is 1. The topological polar surface area (TPSA) is 63.6 Å². The molecule has 1 aromatic heterocycles. The number of hydrogen-bond donors (Lipinski definition) is 1. The summed E-state index contributed by atoms with van der Waals surface area (Å²) in [7, 11) is 1.60. The number of hydrogen-bond acceptors (Lipinski definition) is 4. The van der Waals surface area contributed by atoms with Crippen LogP contribution in [0.2, 0.25) is 0 Å². The lowest BCUT2D eigenvalue weighted by molar-refractivity contribution is 0.0950. The fraction of sp³-hybridized carbons (Fsp3) is 0.0556. The van der Waals surface area contributed by atoms with Gasteiger partial charge in [0.05, 0.1) is 18.8 Å². The highest BCUT2D eigenvalue weighted by Gasteiger charge is 2.06. The Hall–Kier alpha value is -3.21. The van der Waals surface area contributed by atoms with E-state index in [1.165, 1.54) is 0 Å². The molecule has 0 saturated heterocycles. The van der Waals surface area contributed by atoms with E-state index >= 15 is 0 Å². The number of carbonyl (C=O) groups is 1. The van der Waals surface area contributed by atoms with E-state index in [9.17, 15) is 4.79 Å². The summed E-state index contributed by atoms with van der Waals surface area (Å²) in [6.45, 7) is 0. The SMILES string of the molecule is COc1cccc(/C=N/NC(=O)c2ccc3ccccc3n2)c1. The van der Waals surface area contributed by atoms with Crippen LogP contribution in [0.4, 0.5) is 0 Å². The van der Waals surface area contributed by atoms with Gasteiger partial charge in [-0.25, -0.2) is 10.4 Å². The van der Waals surface area contributed by atoms with E-state index in [2.05, 4.69) is 15.5 Å². The average Bonchev–Trinajstić information content (AvgIpc) is 2.61. The molecule has 1 N–H and O–H groups in total. The number of rotatable bonds is 4. The summed E-state index contributed by atoms with van der Waals surface area (Å²) in [4.78, 5) is 16.4. The van der Waals surface area contributed by atoms with Gasteiger partial charge in [0.15, 0.2) is 0 Å². The Morgan fingerprint density at radius 3 is 2.87 bits per heavy atom. The summed E-state index contributed by atoms with van der Waals surface area (Å²) in [5.41, 5.74) is 4.41. The van der Waals surface area contributed by atoms with Crippen molar-refractivity contribution >= 4 is 23.0 Å². The highest BCUT2D eigenvalue weighted by atomic mass is 16.5. The first-order valence-corrected chi connectivity index (χ1v) is 7.09. The van der Waals surface area contributed by atoms with Crippen molar-refractivity contribution in [3.63, 3.8) is 0 Å². The van der Waals surface area contributed by atoms with Crippen LogP contribution >= 0.6 is 0 Å². The predicted octanol–water partition coefficient (Wildman–Crippen LogP) is 3.01. The largest absolute Gasteiger partial charge is 0.497 e. The maximum Gasteiger partial charge on any atom is 0.289 e. The summed E-state index contributed by atoms with van der Waals surface area (Å²) < 4.78 is 5.13. The molecule has 3 rings (SSSR count). The van der Waals surface area contributed by atoms with E-state index < -0.39 is 0 Å². The number of aromatic nitrogens is 1. The Labute approximate surface area is 133 Å². The summed E-state index contributed by atoms with van der Waals surface area (Å²) >= 11 is 0. The van der Waals surface area contributed by atoms with Gasteiger partial charge in [-0.05, 0) is 29.8 Å². The molecule has 0 aliphatic rings. The molecule has 0 atom stereocenters. The third kappa shape index (κ3) is 3.52. The number of methoxy groups -OCH3 is 1. The zero-order valence-corrected chi connectivity index (χ0v) is 12.6. The Morgan fingerprint density at radius 1 is 1.13 bits per heavy atom. The molecule has 5 heteroatoms. The van der Waals surface area contributed by atoms with Crippen LogP contribution in [0.25, 0.3) is 10.9 Å². The zero-order chi connectivity index (χ0) is 16.1. The highest BCUT2D eigenvalue weighted by molar-refractivity contribution is 5.95. The van der Waals surface area contributed by atoms with Crippen LogP contribution in [0.3, 0.4) is 0 Å².